The van der Waals surface area contributed by atoms with E-state index in [1.165, 1.54) is 6.92 Å². The summed E-state index contributed by atoms with van der Waals surface area (Å²) in [5.41, 5.74) is 0. The fourth-order valence-corrected chi connectivity index (χ4v) is 0.619. The summed E-state index contributed by atoms with van der Waals surface area (Å²) < 4.78 is 19.2. The van der Waals surface area contributed by atoms with Crippen LogP contribution in [0.2, 0.25) is 0 Å². The molecule has 50 valence electrons. The maximum absolute atomic E-state index is 12.4. The van der Waals surface area contributed by atoms with Gasteiger partial charge < -0.3 is 0 Å². The van der Waals surface area contributed by atoms with Crippen LogP contribution in [-0.4, -0.2) is 6.15 Å². The summed E-state index contributed by atoms with van der Waals surface area (Å²) in [6.07, 6.45) is 1.65. The first-order valence-electron chi connectivity index (χ1n) is 3.75. The molecule has 0 nitrogen and oxygen atoms in total. The zero-order valence-corrected chi connectivity index (χ0v) is 5.71. The summed E-state index contributed by atoms with van der Waals surface area (Å²) in [5, 5.41) is 0. The number of rotatable bonds is 4. The van der Waals surface area contributed by atoms with Gasteiger partial charge in [0.15, 0.2) is 0 Å². The van der Waals surface area contributed by atoms with E-state index in [0.29, 0.717) is 6.42 Å². The van der Waals surface area contributed by atoms with Gasteiger partial charge in [0.25, 0.3) is 0 Å². The van der Waals surface area contributed by atoms with Gasteiger partial charge in [-0.3, -0.25) is 0 Å². The third-order valence-corrected chi connectivity index (χ3v) is 1.12. The molecule has 0 saturated carbocycles. The van der Waals surface area contributed by atoms with Crippen LogP contribution in [0.25, 0.3) is 0 Å². The van der Waals surface area contributed by atoms with Crippen LogP contribution in [0.5, 0.6) is 0 Å². The molecule has 0 heterocycles. The van der Waals surface area contributed by atoms with Gasteiger partial charge in [-0.05, 0) is 13.3 Å². The second-order valence-electron chi connectivity index (χ2n) is 2.13. The summed E-state index contributed by atoms with van der Waals surface area (Å²) in [5.74, 6) is 0. The van der Waals surface area contributed by atoms with Gasteiger partial charge >= 0.3 is 0 Å². The minimum atomic E-state index is -1.70. The smallest absolute Gasteiger partial charge is 0.0973 e. The van der Waals surface area contributed by atoms with Crippen molar-refractivity contribution < 1.29 is 5.76 Å². The molecule has 0 radical (unpaired) electrons. The fourth-order valence-electron chi connectivity index (χ4n) is 0.619. The van der Waals surface area contributed by atoms with Crippen LogP contribution in [0.3, 0.4) is 0 Å². The minimum Gasteiger partial charge on any atom is -0.248 e. The lowest BCUT2D eigenvalue weighted by molar-refractivity contribution is 0.331. The van der Waals surface area contributed by atoms with E-state index in [9.17, 15) is 4.39 Å². The van der Waals surface area contributed by atoms with Gasteiger partial charge in [0.1, 0.15) is 0 Å². The van der Waals surface area contributed by atoms with Gasteiger partial charge in [-0.1, -0.05) is 26.2 Å². The molecule has 0 aliphatic heterocycles. The van der Waals surface area contributed by atoms with Crippen LogP contribution in [0, 0.1) is 0 Å². The summed E-state index contributed by atoms with van der Waals surface area (Å²) in [6.45, 7) is 3.38. The molecule has 0 aromatic heterocycles. The first-order chi connectivity index (χ1) is 4.06. The Hall–Kier alpha value is -0.0700. The number of halogens is 1. The van der Waals surface area contributed by atoms with Crippen LogP contribution in [0.15, 0.2) is 0 Å². The highest BCUT2D eigenvalue weighted by Crippen LogP contribution is 2.04. The van der Waals surface area contributed by atoms with E-state index < -0.39 is 6.15 Å². The van der Waals surface area contributed by atoms with Crippen LogP contribution in [0.4, 0.5) is 4.39 Å². The Morgan fingerprint density at radius 2 is 2.25 bits per heavy atom. The number of unbranched alkanes of at least 4 members (excludes halogenated alkanes) is 2. The van der Waals surface area contributed by atoms with E-state index in [1.54, 1.807) is 0 Å². The molecule has 0 spiro atoms. The lowest BCUT2D eigenvalue weighted by Crippen LogP contribution is -1.90. The van der Waals surface area contributed by atoms with E-state index in [2.05, 4.69) is 6.92 Å². The lowest BCUT2D eigenvalue weighted by atomic mass is 10.1. The van der Waals surface area contributed by atoms with Crippen molar-refractivity contribution in [3.63, 3.8) is 0 Å². The highest BCUT2D eigenvalue weighted by molar-refractivity contribution is 4.46. The van der Waals surface area contributed by atoms with Gasteiger partial charge in [-0.15, -0.1) is 0 Å². The Morgan fingerprint density at radius 3 is 2.62 bits per heavy atom. The Balaban J connectivity index is 3.07. The molecular weight excluding hydrogens is 103 g/mol. The zero-order chi connectivity index (χ0) is 7.33. The van der Waals surface area contributed by atoms with Crippen LogP contribution in [-0.2, 0) is 0 Å². The van der Waals surface area contributed by atoms with E-state index >= 15 is 0 Å². The van der Waals surface area contributed by atoms with Crippen molar-refractivity contribution in [2.24, 2.45) is 0 Å². The Morgan fingerprint density at radius 1 is 1.62 bits per heavy atom. The summed E-state index contributed by atoms with van der Waals surface area (Å²) in [4.78, 5) is 0. The standard InChI is InChI=1S/C7H15F/c1-3-4-5-6-7(2)8/h7H,3-6H2,1-2H3/i7T. The molecule has 1 atom stereocenters. The van der Waals surface area contributed by atoms with E-state index in [1.807, 2.05) is 0 Å². The molecule has 0 bridgehead atoms. The molecule has 0 N–H and O–H groups in total. The van der Waals surface area contributed by atoms with Crippen molar-refractivity contribution in [2.45, 2.75) is 45.7 Å². The molecule has 0 aliphatic carbocycles. The monoisotopic (exact) mass is 120 g/mol. The first kappa shape index (κ1) is 6.06. The van der Waals surface area contributed by atoms with Crippen LogP contribution >= 0.6 is 0 Å². The largest absolute Gasteiger partial charge is 0.248 e. The predicted molar refractivity (Wildman–Crippen MR) is 34.7 cm³/mol. The number of hydrogen-bond acceptors (Lipinski definition) is 0. The third kappa shape index (κ3) is 5.93. The predicted octanol–water partition coefficient (Wildman–Crippen LogP) is 2.92. The quantitative estimate of drug-likeness (QED) is 0.500. The highest BCUT2D eigenvalue weighted by atomic mass is 19.1. The van der Waals surface area contributed by atoms with Crippen molar-refractivity contribution in [1.82, 2.24) is 0 Å². The van der Waals surface area contributed by atoms with Gasteiger partial charge in [0, 0.05) is 0 Å². The summed E-state index contributed by atoms with van der Waals surface area (Å²) in [6, 6.07) is 0. The molecule has 0 saturated heterocycles. The average Bonchev–Trinajstić information content (AvgIpc) is 1.63. The van der Waals surface area contributed by atoms with Gasteiger partial charge in [-0.25, -0.2) is 4.39 Å². The topological polar surface area (TPSA) is 0 Å². The Labute approximate surface area is 52.5 Å². The molecule has 0 amide bonds. The molecule has 8 heavy (non-hydrogen) atoms. The van der Waals surface area contributed by atoms with Crippen molar-refractivity contribution in [3.8, 4) is 0 Å². The van der Waals surface area contributed by atoms with E-state index in [4.69, 9.17) is 1.37 Å². The maximum atomic E-state index is 12.4. The van der Waals surface area contributed by atoms with Crippen molar-refractivity contribution in [1.29, 1.82) is 0 Å². The molecule has 0 aliphatic rings. The van der Waals surface area contributed by atoms with Crippen LogP contribution < -0.4 is 0 Å². The summed E-state index contributed by atoms with van der Waals surface area (Å²) >= 11 is 0. The molecule has 0 fully saturated rings. The molecular formula is C7H15F. The molecule has 0 rings (SSSR count). The normalized spacial score (nSPS) is 19.6. The average molecular weight is 120 g/mol. The molecule has 1 heteroatoms. The van der Waals surface area contributed by atoms with E-state index in [-0.39, 0.29) is 0 Å². The second-order valence-corrected chi connectivity index (χ2v) is 2.13. The van der Waals surface area contributed by atoms with E-state index in [0.717, 1.165) is 19.3 Å². The van der Waals surface area contributed by atoms with Crippen LogP contribution in [0.1, 0.15) is 40.9 Å². The molecule has 0 aromatic carbocycles. The Kier molecular flexibility index (Phi) is 3.84. The number of hydrogen-bond donors (Lipinski definition) is 0. The minimum absolute atomic E-state index is 0.376. The van der Waals surface area contributed by atoms with Gasteiger partial charge in [-0.2, -0.15) is 0 Å². The Bertz CT molecular complexity index is 65.8. The SMILES string of the molecule is [3H]C(C)(F)CCCCC. The van der Waals surface area contributed by atoms with Crippen molar-refractivity contribution >= 4 is 0 Å². The molecule has 0 aromatic rings. The highest BCUT2D eigenvalue weighted by Gasteiger charge is 1.94. The van der Waals surface area contributed by atoms with Gasteiger partial charge in [0.05, 0.1) is 7.52 Å². The fraction of sp³-hybridized carbons (Fsp3) is 1.00. The number of alkyl halides is 1. The van der Waals surface area contributed by atoms with Gasteiger partial charge in [0.2, 0.25) is 0 Å². The van der Waals surface area contributed by atoms with Crippen molar-refractivity contribution in [3.05, 3.63) is 0 Å². The lowest BCUT2D eigenvalue weighted by Gasteiger charge is -1.97. The maximum Gasteiger partial charge on any atom is 0.0973 e. The second kappa shape index (κ2) is 5.07. The molecule has 1 unspecified atom stereocenters. The summed E-state index contributed by atoms with van der Waals surface area (Å²) in [7, 11) is 0. The zero-order valence-electron chi connectivity index (χ0n) is 6.71. The first-order valence-corrected chi connectivity index (χ1v) is 3.25. The third-order valence-electron chi connectivity index (χ3n) is 1.12. The van der Waals surface area contributed by atoms with Crippen molar-refractivity contribution in [2.75, 3.05) is 0 Å².